The quantitative estimate of drug-likeness (QED) is 0.574. The normalized spacial score (nSPS) is 23.9. The van der Waals surface area contributed by atoms with E-state index < -0.39 is 5.54 Å². The highest BCUT2D eigenvalue weighted by Gasteiger charge is 2.52. The Hall–Kier alpha value is -2.61. The van der Waals surface area contributed by atoms with Crippen LogP contribution in [0.25, 0.3) is 11.0 Å². The number of rotatable bonds is 5. The summed E-state index contributed by atoms with van der Waals surface area (Å²) in [5, 5.41) is 5.82. The molecule has 0 radical (unpaired) electrons. The minimum Gasteiger partial charge on any atom is -0.357 e. The summed E-state index contributed by atoms with van der Waals surface area (Å²) < 4.78 is 0. The number of aromatic amines is 1. The second-order valence-corrected chi connectivity index (χ2v) is 9.81. The first-order chi connectivity index (χ1) is 15.4. The van der Waals surface area contributed by atoms with Crippen molar-refractivity contribution in [2.75, 3.05) is 13.6 Å². The number of carbonyl (C=O) groups excluding carboxylic acids is 2. The largest absolute Gasteiger partial charge is 0.357 e. The molecular formula is C24H34N6O2. The van der Waals surface area contributed by atoms with Crippen LogP contribution in [0.5, 0.6) is 0 Å². The average molecular weight is 439 g/mol. The maximum absolute atomic E-state index is 13.1. The van der Waals surface area contributed by atoms with Crippen LogP contribution in [0.15, 0.2) is 12.1 Å². The minimum absolute atomic E-state index is 0.0678. The highest BCUT2D eigenvalue weighted by Crippen LogP contribution is 2.39. The van der Waals surface area contributed by atoms with Crippen LogP contribution in [0.2, 0.25) is 0 Å². The number of hydrogen-bond acceptors (Lipinski definition) is 4. The molecule has 2 fully saturated rings. The van der Waals surface area contributed by atoms with Gasteiger partial charge in [-0.05, 0) is 48.4 Å². The Bertz CT molecular complexity index is 998. The number of nitrogens with zero attached hydrogens (tertiary/aromatic N) is 2. The van der Waals surface area contributed by atoms with Gasteiger partial charge in [0.15, 0.2) is 0 Å². The molecule has 172 valence electrons. The summed E-state index contributed by atoms with van der Waals surface area (Å²) in [4.78, 5) is 35.9. The maximum atomic E-state index is 13.1. The van der Waals surface area contributed by atoms with Crippen LogP contribution in [0, 0.1) is 5.92 Å². The molecule has 0 bridgehead atoms. The fourth-order valence-electron chi connectivity index (χ4n) is 5.97. The monoisotopic (exact) mass is 438 g/mol. The summed E-state index contributed by atoms with van der Waals surface area (Å²) >= 11 is 0. The zero-order valence-electron chi connectivity index (χ0n) is 19.0. The molecule has 1 aliphatic heterocycles. The van der Waals surface area contributed by atoms with E-state index in [0.717, 1.165) is 34.4 Å². The minimum atomic E-state index is -0.898. The molecule has 1 saturated carbocycles. The van der Waals surface area contributed by atoms with Crippen molar-refractivity contribution in [3.63, 3.8) is 0 Å². The van der Waals surface area contributed by atoms with E-state index in [2.05, 4.69) is 27.8 Å². The lowest BCUT2D eigenvalue weighted by molar-refractivity contribution is -0.130. The summed E-state index contributed by atoms with van der Waals surface area (Å²) in [6, 6.07) is 4.03. The molecule has 1 aromatic heterocycles. The van der Waals surface area contributed by atoms with Gasteiger partial charge in [-0.2, -0.15) is 0 Å². The van der Waals surface area contributed by atoms with Crippen LogP contribution in [0.3, 0.4) is 0 Å². The summed E-state index contributed by atoms with van der Waals surface area (Å²) in [7, 11) is 1.64. The topological polar surface area (TPSA) is 116 Å². The van der Waals surface area contributed by atoms with E-state index in [1.165, 1.54) is 32.1 Å². The van der Waals surface area contributed by atoms with Crippen LogP contribution in [-0.4, -0.2) is 52.0 Å². The predicted octanol–water partition coefficient (Wildman–Crippen LogP) is 2.53. The van der Waals surface area contributed by atoms with Crippen molar-refractivity contribution in [1.29, 1.82) is 0 Å². The van der Waals surface area contributed by atoms with Crippen molar-refractivity contribution in [3.05, 3.63) is 29.1 Å². The van der Waals surface area contributed by atoms with Crippen LogP contribution in [-0.2, 0) is 17.6 Å². The first kappa shape index (κ1) is 21.2. The fourth-order valence-corrected chi connectivity index (χ4v) is 5.97. The first-order valence-corrected chi connectivity index (χ1v) is 12.0. The Labute approximate surface area is 188 Å². The molecule has 32 heavy (non-hydrogen) atoms. The van der Waals surface area contributed by atoms with E-state index in [0.29, 0.717) is 25.3 Å². The Morgan fingerprint density at radius 3 is 2.66 bits per heavy atom. The van der Waals surface area contributed by atoms with Gasteiger partial charge in [0.2, 0.25) is 5.91 Å². The van der Waals surface area contributed by atoms with E-state index in [9.17, 15) is 9.59 Å². The Morgan fingerprint density at radius 2 is 2.00 bits per heavy atom. The molecule has 5 N–H and O–H groups in total. The molecule has 3 atom stereocenters. The van der Waals surface area contributed by atoms with Gasteiger partial charge < -0.3 is 26.3 Å². The first-order valence-electron chi connectivity index (χ1n) is 12.0. The summed E-state index contributed by atoms with van der Waals surface area (Å²) in [5.41, 5.74) is 9.70. The van der Waals surface area contributed by atoms with Crippen molar-refractivity contribution in [2.45, 2.75) is 75.9 Å². The maximum Gasteiger partial charge on any atom is 0.318 e. The molecular weight excluding hydrogens is 404 g/mol. The number of hydrogen-bond donors (Lipinski definition) is 4. The van der Waals surface area contributed by atoms with Crippen LogP contribution in [0.4, 0.5) is 4.79 Å². The predicted molar refractivity (Wildman–Crippen MR) is 123 cm³/mol. The number of amides is 3. The number of fused-ring (bicyclic) bond motifs is 2. The van der Waals surface area contributed by atoms with Gasteiger partial charge in [-0.3, -0.25) is 4.79 Å². The van der Waals surface area contributed by atoms with Gasteiger partial charge in [0.25, 0.3) is 0 Å². The summed E-state index contributed by atoms with van der Waals surface area (Å²) in [6.45, 7) is 2.60. The number of carbonyl (C=O) groups is 2. The van der Waals surface area contributed by atoms with E-state index >= 15 is 0 Å². The molecule has 1 aromatic carbocycles. The molecule has 8 heteroatoms. The molecule has 3 amide bonds. The number of nitrogens with one attached hydrogen (secondary N) is 3. The van der Waals surface area contributed by atoms with Crippen LogP contribution in [0.1, 0.15) is 68.4 Å². The zero-order chi connectivity index (χ0) is 22.5. The number of nitrogens with two attached hydrogens (primary N) is 1. The number of likely N-dealkylation sites (N-methyl/N-ethyl adjacent to an activating group) is 1. The van der Waals surface area contributed by atoms with Crippen molar-refractivity contribution in [2.24, 2.45) is 11.7 Å². The number of imidazole rings is 1. The second kappa shape index (κ2) is 8.06. The van der Waals surface area contributed by atoms with E-state index in [1.54, 1.807) is 11.9 Å². The number of aromatic nitrogens is 2. The number of benzene rings is 1. The van der Waals surface area contributed by atoms with Gasteiger partial charge in [-0.25, -0.2) is 9.78 Å². The third kappa shape index (κ3) is 3.36. The van der Waals surface area contributed by atoms with Gasteiger partial charge >= 0.3 is 6.03 Å². The smallest absolute Gasteiger partial charge is 0.318 e. The molecule has 0 spiro atoms. The lowest BCUT2D eigenvalue weighted by atomic mass is 9.84. The molecule has 1 unspecified atom stereocenters. The van der Waals surface area contributed by atoms with E-state index in [4.69, 9.17) is 10.7 Å². The highest BCUT2D eigenvalue weighted by atomic mass is 16.2. The second-order valence-electron chi connectivity index (χ2n) is 9.81. The standard InChI is InChI=1S/C24H34N6O2/c1-3-17-13-30(23(32)27-17)24(22(31)26-2)11-15-9-18-19(10-16(15)12-24)29-21(28-18)20(25)14-7-5-4-6-8-14/h9-10,14,17,20H,3-8,11-13,25H2,1-2H3,(H,26,31)(H,27,32)(H,28,29)/t17-,20+/m1/s1. The van der Waals surface area contributed by atoms with Gasteiger partial charge in [0, 0.05) is 32.5 Å². The average Bonchev–Trinajstić information content (AvgIpc) is 3.51. The van der Waals surface area contributed by atoms with Crippen molar-refractivity contribution in [3.8, 4) is 0 Å². The molecule has 2 heterocycles. The Kier molecular flexibility index (Phi) is 5.35. The molecule has 3 aliphatic rings. The lowest BCUT2D eigenvalue weighted by Gasteiger charge is -2.36. The number of H-pyrrole nitrogens is 1. The molecule has 1 saturated heterocycles. The molecule has 8 nitrogen and oxygen atoms in total. The van der Waals surface area contributed by atoms with Crippen LogP contribution < -0.4 is 16.4 Å². The molecule has 5 rings (SSSR count). The Morgan fingerprint density at radius 1 is 1.28 bits per heavy atom. The third-order valence-electron chi connectivity index (χ3n) is 7.90. The van der Waals surface area contributed by atoms with Crippen molar-refractivity contribution in [1.82, 2.24) is 25.5 Å². The van der Waals surface area contributed by atoms with Gasteiger partial charge in [0.1, 0.15) is 11.4 Å². The van der Waals surface area contributed by atoms with Gasteiger partial charge in [-0.1, -0.05) is 26.2 Å². The van der Waals surface area contributed by atoms with E-state index in [-0.39, 0.29) is 24.0 Å². The van der Waals surface area contributed by atoms with Gasteiger partial charge in [-0.15, -0.1) is 0 Å². The summed E-state index contributed by atoms with van der Waals surface area (Å²) in [5.74, 6) is 1.23. The highest BCUT2D eigenvalue weighted by molar-refractivity contribution is 5.94. The molecule has 2 aliphatic carbocycles. The fraction of sp³-hybridized carbons (Fsp3) is 0.625. The molecule has 2 aromatic rings. The summed E-state index contributed by atoms with van der Waals surface area (Å²) in [6.07, 6.45) is 7.98. The number of urea groups is 1. The zero-order valence-corrected chi connectivity index (χ0v) is 19.0. The Balaban J connectivity index is 1.45. The van der Waals surface area contributed by atoms with E-state index in [1.807, 2.05) is 6.92 Å². The third-order valence-corrected chi connectivity index (χ3v) is 7.90. The van der Waals surface area contributed by atoms with Crippen LogP contribution >= 0.6 is 0 Å². The SMILES string of the molecule is CC[C@@H]1CN(C2(C(=O)NC)Cc3cc4nc([C@@H](N)C5CCCCC5)[nH]c4cc3C2)C(=O)N1. The lowest BCUT2D eigenvalue weighted by Crippen LogP contribution is -2.60. The van der Waals surface area contributed by atoms with Crippen molar-refractivity contribution >= 4 is 23.0 Å². The van der Waals surface area contributed by atoms with Gasteiger partial charge in [0.05, 0.1) is 17.1 Å². The van der Waals surface area contributed by atoms with Crippen molar-refractivity contribution < 1.29 is 9.59 Å².